The van der Waals surface area contributed by atoms with Gasteiger partial charge in [0.1, 0.15) is 0 Å². The molecule has 0 saturated heterocycles. The molecule has 0 fully saturated rings. The molecule has 0 radical (unpaired) electrons. The molecule has 0 aliphatic rings. The molecule has 100 valence electrons. The third kappa shape index (κ3) is 3.15. The average molecular weight is 260 g/mol. The van der Waals surface area contributed by atoms with Crippen LogP contribution in [0.1, 0.15) is 24.0 Å². The number of rotatable bonds is 5. The van der Waals surface area contributed by atoms with Gasteiger partial charge in [0.2, 0.25) is 0 Å². The Kier molecular flexibility index (Phi) is 3.89. The number of carboxylic acid groups (broad SMARTS) is 1. The van der Waals surface area contributed by atoms with Crippen molar-refractivity contribution in [3.05, 3.63) is 29.3 Å². The molecule has 0 bridgehead atoms. The highest BCUT2D eigenvalue weighted by Gasteiger charge is 2.11. The van der Waals surface area contributed by atoms with Crippen LogP contribution in [0.25, 0.3) is 11.4 Å². The molecular formula is C13H16N4O2. The lowest BCUT2D eigenvalue weighted by Crippen LogP contribution is -2.06. The fourth-order valence-corrected chi connectivity index (χ4v) is 1.90. The molecule has 0 spiro atoms. The predicted molar refractivity (Wildman–Crippen MR) is 69.6 cm³/mol. The zero-order valence-corrected chi connectivity index (χ0v) is 11.0. The van der Waals surface area contributed by atoms with Gasteiger partial charge in [-0.15, -0.1) is 5.10 Å². The highest BCUT2D eigenvalue weighted by molar-refractivity contribution is 5.66. The molecule has 6 nitrogen and oxygen atoms in total. The minimum Gasteiger partial charge on any atom is -0.481 e. The van der Waals surface area contributed by atoms with Gasteiger partial charge in [0.25, 0.3) is 0 Å². The van der Waals surface area contributed by atoms with E-state index in [9.17, 15) is 4.79 Å². The second-order valence-electron chi connectivity index (χ2n) is 4.54. The van der Waals surface area contributed by atoms with E-state index in [0.717, 1.165) is 16.7 Å². The minimum atomic E-state index is -0.804. The molecule has 1 N–H and O–H groups in total. The maximum absolute atomic E-state index is 10.5. The number of carboxylic acids is 1. The first-order chi connectivity index (χ1) is 9.08. The van der Waals surface area contributed by atoms with Crippen LogP contribution in [0.4, 0.5) is 0 Å². The average Bonchev–Trinajstić information content (AvgIpc) is 2.80. The van der Waals surface area contributed by atoms with Crippen molar-refractivity contribution in [2.24, 2.45) is 0 Å². The SMILES string of the molecule is Cc1ccc(C)c(-c2nnnn2CCCC(=O)O)c1. The standard InChI is InChI=1S/C13H16N4O2/c1-9-5-6-10(2)11(8-9)13-14-15-16-17(13)7-3-4-12(18)19/h5-6,8H,3-4,7H2,1-2H3,(H,18,19). The summed E-state index contributed by atoms with van der Waals surface area (Å²) in [7, 11) is 0. The van der Waals surface area contributed by atoms with Gasteiger partial charge in [0, 0.05) is 18.5 Å². The van der Waals surface area contributed by atoms with Crippen LogP contribution in [0.2, 0.25) is 0 Å². The van der Waals surface area contributed by atoms with Crippen molar-refractivity contribution in [2.45, 2.75) is 33.2 Å². The molecule has 0 saturated carbocycles. The molecule has 0 unspecified atom stereocenters. The summed E-state index contributed by atoms with van der Waals surface area (Å²) >= 11 is 0. The number of hydrogen-bond donors (Lipinski definition) is 1. The number of benzene rings is 1. The lowest BCUT2D eigenvalue weighted by atomic mass is 10.1. The number of aliphatic carboxylic acids is 1. The van der Waals surface area contributed by atoms with Gasteiger partial charge in [0.05, 0.1) is 0 Å². The van der Waals surface area contributed by atoms with Crippen LogP contribution >= 0.6 is 0 Å². The predicted octanol–water partition coefficient (Wildman–Crippen LogP) is 1.82. The Hall–Kier alpha value is -2.24. The Bertz CT molecular complexity index is 592. The van der Waals surface area contributed by atoms with E-state index >= 15 is 0 Å². The summed E-state index contributed by atoms with van der Waals surface area (Å²) in [6.07, 6.45) is 0.629. The molecule has 1 aromatic carbocycles. The summed E-state index contributed by atoms with van der Waals surface area (Å²) < 4.78 is 1.66. The van der Waals surface area contributed by atoms with Crippen molar-refractivity contribution in [3.8, 4) is 11.4 Å². The van der Waals surface area contributed by atoms with Gasteiger partial charge in [-0.3, -0.25) is 4.79 Å². The van der Waals surface area contributed by atoms with Crippen molar-refractivity contribution in [2.75, 3.05) is 0 Å². The number of aryl methyl sites for hydroxylation is 3. The topological polar surface area (TPSA) is 80.9 Å². The molecular weight excluding hydrogens is 244 g/mol. The lowest BCUT2D eigenvalue weighted by Gasteiger charge is -2.07. The first-order valence-electron chi connectivity index (χ1n) is 6.13. The van der Waals surface area contributed by atoms with E-state index in [0.29, 0.717) is 18.8 Å². The number of carbonyl (C=O) groups is 1. The first kappa shape index (κ1) is 13.2. The summed E-state index contributed by atoms with van der Waals surface area (Å²) in [5, 5.41) is 20.3. The van der Waals surface area contributed by atoms with E-state index in [4.69, 9.17) is 5.11 Å². The first-order valence-corrected chi connectivity index (χ1v) is 6.13. The normalized spacial score (nSPS) is 10.6. The summed E-state index contributed by atoms with van der Waals surface area (Å²) in [5.74, 6) is -0.118. The molecule has 2 aromatic rings. The van der Waals surface area contributed by atoms with Crippen molar-refractivity contribution in [1.29, 1.82) is 0 Å². The second kappa shape index (κ2) is 5.60. The fourth-order valence-electron chi connectivity index (χ4n) is 1.90. The maximum Gasteiger partial charge on any atom is 0.303 e. The van der Waals surface area contributed by atoms with Crippen LogP contribution in [0.15, 0.2) is 18.2 Å². The van der Waals surface area contributed by atoms with Gasteiger partial charge < -0.3 is 5.11 Å². The zero-order chi connectivity index (χ0) is 13.8. The maximum atomic E-state index is 10.5. The molecule has 1 heterocycles. The van der Waals surface area contributed by atoms with Gasteiger partial charge in [-0.25, -0.2) is 4.68 Å². The van der Waals surface area contributed by atoms with E-state index in [1.165, 1.54) is 0 Å². The fraction of sp³-hybridized carbons (Fsp3) is 0.385. The Morgan fingerprint density at radius 2 is 2.16 bits per heavy atom. The molecule has 0 aliphatic carbocycles. The van der Waals surface area contributed by atoms with Gasteiger partial charge in [-0.2, -0.15) is 0 Å². The van der Waals surface area contributed by atoms with Crippen LogP contribution in [0, 0.1) is 13.8 Å². The zero-order valence-electron chi connectivity index (χ0n) is 11.0. The van der Waals surface area contributed by atoms with Gasteiger partial charge in [-0.05, 0) is 42.3 Å². The van der Waals surface area contributed by atoms with Crippen LogP contribution < -0.4 is 0 Å². The molecule has 0 amide bonds. The summed E-state index contributed by atoms with van der Waals surface area (Å²) in [6.45, 7) is 4.52. The number of tetrazole rings is 1. The molecule has 1 aromatic heterocycles. The minimum absolute atomic E-state index is 0.117. The molecule has 19 heavy (non-hydrogen) atoms. The Labute approximate surface area is 111 Å². The van der Waals surface area contributed by atoms with Gasteiger partial charge in [-0.1, -0.05) is 17.7 Å². The Morgan fingerprint density at radius 1 is 1.37 bits per heavy atom. The summed E-state index contributed by atoms with van der Waals surface area (Å²) in [4.78, 5) is 10.5. The van der Waals surface area contributed by atoms with Crippen LogP contribution in [0.3, 0.4) is 0 Å². The van der Waals surface area contributed by atoms with E-state index in [-0.39, 0.29) is 6.42 Å². The molecule has 2 rings (SSSR count). The van der Waals surface area contributed by atoms with Gasteiger partial charge >= 0.3 is 5.97 Å². The Morgan fingerprint density at radius 3 is 2.89 bits per heavy atom. The lowest BCUT2D eigenvalue weighted by molar-refractivity contribution is -0.137. The quantitative estimate of drug-likeness (QED) is 0.886. The van der Waals surface area contributed by atoms with Crippen LogP contribution in [-0.2, 0) is 11.3 Å². The number of aromatic nitrogens is 4. The number of nitrogens with zero attached hydrogens (tertiary/aromatic N) is 4. The second-order valence-corrected chi connectivity index (χ2v) is 4.54. The number of hydrogen-bond acceptors (Lipinski definition) is 4. The summed E-state index contributed by atoms with van der Waals surface area (Å²) in [6, 6.07) is 6.10. The van der Waals surface area contributed by atoms with Crippen LogP contribution in [-0.4, -0.2) is 31.3 Å². The molecule has 0 aliphatic heterocycles. The van der Waals surface area contributed by atoms with E-state index in [1.807, 2.05) is 32.0 Å². The van der Waals surface area contributed by atoms with E-state index in [1.54, 1.807) is 4.68 Å². The smallest absolute Gasteiger partial charge is 0.303 e. The highest BCUT2D eigenvalue weighted by atomic mass is 16.4. The van der Waals surface area contributed by atoms with Crippen molar-refractivity contribution in [3.63, 3.8) is 0 Å². The summed E-state index contributed by atoms with van der Waals surface area (Å²) in [5.41, 5.74) is 3.22. The monoisotopic (exact) mass is 260 g/mol. The van der Waals surface area contributed by atoms with Crippen molar-refractivity contribution in [1.82, 2.24) is 20.2 Å². The highest BCUT2D eigenvalue weighted by Crippen LogP contribution is 2.22. The van der Waals surface area contributed by atoms with Crippen molar-refractivity contribution >= 4 is 5.97 Å². The molecule has 0 atom stereocenters. The largest absolute Gasteiger partial charge is 0.481 e. The van der Waals surface area contributed by atoms with Crippen LogP contribution in [0.5, 0.6) is 0 Å². The third-order valence-corrected chi connectivity index (χ3v) is 2.93. The van der Waals surface area contributed by atoms with E-state index in [2.05, 4.69) is 15.5 Å². The van der Waals surface area contributed by atoms with E-state index < -0.39 is 5.97 Å². The van der Waals surface area contributed by atoms with Gasteiger partial charge in [0.15, 0.2) is 5.82 Å². The Balaban J connectivity index is 2.23. The molecule has 6 heteroatoms. The van der Waals surface area contributed by atoms with Crippen molar-refractivity contribution < 1.29 is 9.90 Å². The third-order valence-electron chi connectivity index (χ3n) is 2.93.